The van der Waals surface area contributed by atoms with E-state index in [-0.39, 0.29) is 139 Å². The van der Waals surface area contributed by atoms with Crippen LogP contribution in [0.4, 0.5) is 38.0 Å². The Kier molecular flexibility index (Phi) is 29.8. The van der Waals surface area contributed by atoms with Crippen molar-refractivity contribution in [2.75, 3.05) is 49.1 Å². The predicted molar refractivity (Wildman–Crippen MR) is 515 cm³/mol. The van der Waals surface area contributed by atoms with Gasteiger partial charge in [-0.2, -0.15) is 9.97 Å². The number of nitrogens with zero attached hydrogens (tertiary/aromatic N) is 20. The summed E-state index contributed by atoms with van der Waals surface area (Å²) in [6, 6.07) is 15.5. The van der Waals surface area contributed by atoms with E-state index in [1.807, 2.05) is 49.3 Å². The van der Waals surface area contributed by atoms with Crippen molar-refractivity contribution in [3.8, 4) is 28.3 Å². The summed E-state index contributed by atoms with van der Waals surface area (Å²) in [4.78, 5) is 163. The third-order valence-electron chi connectivity index (χ3n) is 25.5. The fourth-order valence-electron chi connectivity index (χ4n) is 17.5. The van der Waals surface area contributed by atoms with E-state index in [0.717, 1.165) is 136 Å². The first-order valence-electron chi connectivity index (χ1n) is 45.6. The number of carboxylic acids is 1. The highest BCUT2D eigenvalue weighted by Gasteiger charge is 2.43. The lowest BCUT2D eigenvalue weighted by molar-refractivity contribution is -0.129. The molecule has 140 heavy (non-hydrogen) atoms. The number of aromatic amines is 1. The number of nitrogens with one attached hydrogen (secondary N) is 2. The minimum Gasteiger partial charge on any atom is -0.478 e. The molecule has 9 aliphatic rings. The van der Waals surface area contributed by atoms with Gasteiger partial charge in [0.25, 0.3) is 5.56 Å². The molecule has 0 bridgehead atoms. The summed E-state index contributed by atoms with van der Waals surface area (Å²) in [5.41, 5.74) is 3.57. The van der Waals surface area contributed by atoms with E-state index in [1.54, 1.807) is 28.5 Å². The zero-order valence-electron chi connectivity index (χ0n) is 76.6. The second-order valence-electron chi connectivity index (χ2n) is 36.0. The van der Waals surface area contributed by atoms with E-state index in [2.05, 4.69) is 96.8 Å². The number of aromatic nitrogens is 16. The molecule has 2 aromatic carbocycles. The van der Waals surface area contributed by atoms with E-state index in [4.69, 9.17) is 61.6 Å². The van der Waals surface area contributed by atoms with Crippen molar-refractivity contribution in [3.05, 3.63) is 267 Å². The van der Waals surface area contributed by atoms with Crippen LogP contribution in [-0.2, 0) is 14.4 Å². The molecule has 3 aliphatic heterocycles. The van der Waals surface area contributed by atoms with Gasteiger partial charge in [-0.25, -0.2) is 109 Å². The number of hydrogen-bond acceptors (Lipinski definition) is 25. The Hall–Kier alpha value is -13.1. The Balaban J connectivity index is 0.000000131. The molecule has 44 heteroatoms. The van der Waals surface area contributed by atoms with Crippen molar-refractivity contribution in [3.63, 3.8) is 0 Å². The number of H-pyrrole nitrogens is 1. The lowest BCUT2D eigenvalue weighted by Crippen LogP contribution is -2.58. The molecule has 6 atom stereocenters. The molecule has 33 nitrogen and oxygen atoms in total. The normalized spacial score (nSPS) is 19.3. The van der Waals surface area contributed by atoms with E-state index < -0.39 is 86.5 Å². The number of fused-ring (bicyclic) bond motifs is 3. The van der Waals surface area contributed by atoms with Gasteiger partial charge in [0.2, 0.25) is 17.7 Å². The van der Waals surface area contributed by atoms with Crippen LogP contribution < -0.4 is 43.2 Å². The summed E-state index contributed by atoms with van der Waals surface area (Å²) in [5.74, 6) is -4.10. The van der Waals surface area contributed by atoms with E-state index in [9.17, 15) is 60.3 Å². The molecule has 9 fully saturated rings. The topological polar surface area (TPSA) is 411 Å². The Morgan fingerprint density at radius 1 is 0.421 bits per heavy atom. The molecule has 10 aromatic heterocycles. The Labute approximate surface area is 816 Å². The van der Waals surface area contributed by atoms with E-state index >= 15 is 4.39 Å². The summed E-state index contributed by atoms with van der Waals surface area (Å²) in [7, 11) is -1.72. The fourth-order valence-corrected chi connectivity index (χ4v) is 18.1. The number of halogens is 10. The maximum atomic E-state index is 15.9. The van der Waals surface area contributed by atoms with Gasteiger partial charge in [-0.05, 0) is 179 Å². The molecule has 6 aliphatic carbocycles. The van der Waals surface area contributed by atoms with Gasteiger partial charge in [0.1, 0.15) is 58.9 Å². The predicted octanol–water partition coefficient (Wildman–Crippen LogP) is 13.1. The highest BCUT2D eigenvalue weighted by atomic mass is 35.5. The summed E-state index contributed by atoms with van der Waals surface area (Å²) >= 11 is 22.6. The van der Waals surface area contributed by atoms with Crippen LogP contribution in [0, 0.1) is 34.9 Å². The highest BCUT2D eigenvalue weighted by Crippen LogP contribution is 2.51. The van der Waals surface area contributed by atoms with Crippen molar-refractivity contribution in [2.45, 2.75) is 190 Å². The first-order chi connectivity index (χ1) is 67.0. The van der Waals surface area contributed by atoms with Crippen molar-refractivity contribution in [1.29, 1.82) is 0 Å². The number of anilines is 2. The maximum absolute atomic E-state index is 15.9. The number of amides is 3. The first kappa shape index (κ1) is 99.9. The number of carboxylic acid groups (broad SMARTS) is 1. The molecule has 0 spiro atoms. The molecule has 0 radical (unpaired) electrons. The second kappa shape index (κ2) is 41.7. The number of rotatable bonds is 17. The number of hydrogen-bond donors (Lipinski definition) is 5. The molecule has 12 aromatic rings. The number of pyridine rings is 4. The Bertz CT molecular complexity index is 7120. The molecule has 0 unspecified atom stereocenters. The number of carbonyl (C=O) groups excluding carboxylic acids is 3. The van der Waals surface area contributed by atoms with E-state index in [1.165, 1.54) is 92.9 Å². The van der Waals surface area contributed by atoms with E-state index in [0.29, 0.717) is 65.9 Å². The van der Waals surface area contributed by atoms with Crippen LogP contribution in [0.1, 0.15) is 199 Å². The van der Waals surface area contributed by atoms with Gasteiger partial charge in [-0.1, -0.05) is 96.5 Å². The van der Waals surface area contributed by atoms with Crippen LogP contribution in [-0.4, -0.2) is 215 Å². The molecule has 728 valence electrons. The fraction of sp³-hybridized carbons (Fsp3) is 0.375. The maximum Gasteiger partial charge on any atom is 0.491 e. The van der Waals surface area contributed by atoms with Gasteiger partial charge in [-0.3, -0.25) is 24.2 Å². The molecular weight excluding hydrogens is 1900 g/mol. The zero-order valence-corrected chi connectivity index (χ0v) is 79.6. The molecule has 3 amide bonds. The second-order valence-corrected chi connectivity index (χ2v) is 37.4. The number of aromatic carboxylic acids is 1. The average Bonchev–Trinajstić information content (AvgIpc) is 1.73. The highest BCUT2D eigenvalue weighted by molar-refractivity contribution is 6.58. The van der Waals surface area contributed by atoms with Gasteiger partial charge in [0.05, 0.1) is 72.9 Å². The summed E-state index contributed by atoms with van der Waals surface area (Å²) in [6.07, 6.45) is 20.2. The van der Waals surface area contributed by atoms with Crippen LogP contribution in [0.15, 0.2) is 149 Å². The quantitative estimate of drug-likeness (QED) is 0.0245. The van der Waals surface area contributed by atoms with Gasteiger partial charge in [-0.15, -0.1) is 0 Å². The molecule has 3 saturated heterocycles. The minimum atomic E-state index is -1.72. The Morgan fingerprint density at radius 2 is 0.786 bits per heavy atom. The lowest BCUT2D eigenvalue weighted by atomic mass is 9.80. The molecule has 21 rings (SSSR count). The Morgan fingerprint density at radius 3 is 1.18 bits per heavy atom. The number of carbonyl (C=O) groups is 4. The minimum absolute atomic E-state index is 0.00746. The standard InChI is InChI=1S/C32H31F2N7O2.C26H27ClFN7O2.C17H13ClFN5O2.C9H16N2O.C6H6BFO2.C6H2Cl2FNO2/c1-4-25(42)39-14-18(3)40(15-17(39)2)30-22-13-24(34)28(21-7-5-6-8-23(21)33)37-31(22)41(32(43)38-30)29-26(19-9-10-19)35-16-36-27(29)20-11-12-20;1-4-19(36)33-10-14(3)34(11-13(33)2)24-17-9-18(28)23(27)31-25(17)35(26(37)32-24)22-20(15-5-6-15)29-12-30-21(22)16-7-8-16;18-14-10(19)5-9-15(22-14)24(17(26)23-16(9)25)13-11(7-1-2-7)20-6-21-12(13)8-3-4-8;1-4-9(12)11-6-7(2)10-5-8(11)3;8-6-4-2-1-3-5(6)7(9)10;7-4-2(6(11)12)1-3(9)5(8)10-4/h4-8,13,16-20H,1,9-12,14-15H2,2-3H3;4,9,12-16H,1,5-8,10-11H2,2-3H3;5-8H,1-4H2,(H,23,25,26);4,7-8,10H,1,5-6H2,2-3H3;1-4,9-10H;1H,(H,11,12)/t17-,18+;13-,14+;;7-,8+;;/m11.0../s1. The summed E-state index contributed by atoms with van der Waals surface area (Å²) in [5, 5.41) is 28.0. The van der Waals surface area contributed by atoms with Crippen LogP contribution in [0.25, 0.3) is 61.4 Å². The molecule has 5 N–H and O–H groups in total. The zero-order chi connectivity index (χ0) is 100.0. The molecule has 13 heterocycles. The van der Waals surface area contributed by atoms with Gasteiger partial charge in [0, 0.05) is 122 Å². The van der Waals surface area contributed by atoms with Gasteiger partial charge in [0.15, 0.2) is 49.9 Å². The third-order valence-corrected chi connectivity index (χ3v) is 26.6. The third kappa shape index (κ3) is 21.3. The largest absolute Gasteiger partial charge is 0.491 e. The van der Waals surface area contributed by atoms with Gasteiger partial charge >= 0.3 is 30.2 Å². The van der Waals surface area contributed by atoms with Crippen LogP contribution in [0.2, 0.25) is 20.6 Å². The van der Waals surface area contributed by atoms with Crippen molar-refractivity contribution >= 4 is 127 Å². The van der Waals surface area contributed by atoms with Gasteiger partial charge < -0.3 is 45.0 Å². The van der Waals surface area contributed by atoms with Crippen LogP contribution >= 0.6 is 46.4 Å². The van der Waals surface area contributed by atoms with Crippen LogP contribution in [0.5, 0.6) is 0 Å². The molecular formula is C96H95BCl4F6N22O11. The average molecular weight is 2000 g/mol. The van der Waals surface area contributed by atoms with Crippen molar-refractivity contribution < 1.29 is 60.7 Å². The van der Waals surface area contributed by atoms with Crippen LogP contribution in [0.3, 0.4) is 0 Å². The summed E-state index contributed by atoms with van der Waals surface area (Å²) in [6.45, 7) is 25.7. The SMILES string of the molecule is C=CC(=O)N1C[C@H](C)N(c2nc(=O)n(-c3c(C4CC4)ncnc3C3CC3)c3nc(-c4ccccc4F)c(F)cc23)C[C@H]1C.C=CC(=O)N1C[C@H](C)N(c2nc(=O)n(-c3c(C4CC4)ncnc3C3CC3)c3nc(Cl)c(F)cc23)C[C@H]1C.C=CC(=O)N1C[C@H](C)NC[C@H]1C.O=C(O)c1cc(F)c(Cl)nc1Cl.O=c1[nH]c(=O)n(-c2c(C3CC3)ncnc2C2CC2)c2nc(Cl)c(F)cc12.OB(O)c1ccccc1F. The lowest BCUT2D eigenvalue weighted by Gasteiger charge is -2.44. The first-order valence-corrected chi connectivity index (χ1v) is 47.1. The smallest absolute Gasteiger partial charge is 0.478 e. The summed E-state index contributed by atoms with van der Waals surface area (Å²) < 4.78 is 88.8. The monoisotopic (exact) mass is 2000 g/mol. The number of piperazine rings is 3. The molecule has 6 saturated carbocycles. The number of benzene rings is 2. The van der Waals surface area contributed by atoms with Crippen molar-refractivity contribution in [1.82, 2.24) is 98.5 Å². The van der Waals surface area contributed by atoms with Crippen molar-refractivity contribution in [2.24, 2.45) is 0 Å².